The second-order valence-corrected chi connectivity index (χ2v) is 6.17. The molecule has 1 amide bonds. The van der Waals surface area contributed by atoms with Crippen LogP contribution in [0, 0.1) is 11.3 Å². The Kier molecular flexibility index (Phi) is 4.74. The molecule has 4 aromatic rings. The average Bonchev–Trinajstić information content (AvgIpc) is 2.74. The summed E-state index contributed by atoms with van der Waals surface area (Å²) in [6.07, 6.45) is 1.46. The number of hydrogen-bond acceptors (Lipinski definition) is 5. The highest BCUT2D eigenvalue weighted by molar-refractivity contribution is 6.12. The number of H-pyrrole nitrogens is 1. The summed E-state index contributed by atoms with van der Waals surface area (Å²) in [6.45, 7) is 0. The van der Waals surface area contributed by atoms with Crippen LogP contribution in [-0.4, -0.2) is 15.9 Å². The van der Waals surface area contributed by atoms with E-state index in [2.05, 4.69) is 15.3 Å². The number of ether oxygens (including phenoxy) is 1. The number of fused-ring (bicyclic) bond motifs is 1. The lowest BCUT2D eigenvalue weighted by Crippen LogP contribution is -2.16. The van der Waals surface area contributed by atoms with Crippen LogP contribution in [0.2, 0.25) is 0 Å². The van der Waals surface area contributed by atoms with Crippen LogP contribution in [0.4, 0.5) is 5.69 Å². The molecule has 0 aliphatic rings. The third-order valence-corrected chi connectivity index (χ3v) is 4.17. The van der Waals surface area contributed by atoms with Gasteiger partial charge < -0.3 is 15.0 Å². The number of carbonyl (C=O) groups is 1. The first kappa shape index (κ1) is 17.9. The maximum absolute atomic E-state index is 12.7. The highest BCUT2D eigenvalue weighted by Crippen LogP contribution is 2.22. The number of nitrogens with one attached hydrogen (secondary N) is 2. The molecule has 0 saturated heterocycles. The van der Waals surface area contributed by atoms with Gasteiger partial charge in [-0.15, -0.1) is 0 Å². The molecule has 0 spiro atoms. The van der Waals surface area contributed by atoms with Crippen molar-refractivity contribution in [3.8, 4) is 17.7 Å². The molecule has 2 N–H and O–H groups in total. The molecule has 0 unspecified atom stereocenters. The van der Waals surface area contributed by atoms with Gasteiger partial charge >= 0.3 is 0 Å². The number of carbonyl (C=O) groups excluding carboxylic acids is 1. The molecule has 0 atom stereocenters. The third-order valence-electron chi connectivity index (χ3n) is 4.17. The number of pyridine rings is 2. The lowest BCUT2D eigenvalue weighted by Gasteiger charge is -2.09. The molecule has 140 valence electrons. The summed E-state index contributed by atoms with van der Waals surface area (Å²) < 4.78 is 5.62. The maximum Gasteiger partial charge on any atom is 0.256 e. The van der Waals surface area contributed by atoms with Gasteiger partial charge in [-0.3, -0.25) is 9.59 Å². The Labute approximate surface area is 165 Å². The molecule has 0 fully saturated rings. The maximum atomic E-state index is 12.7. The van der Waals surface area contributed by atoms with Crippen LogP contribution in [-0.2, 0) is 0 Å². The molecule has 0 radical (unpaired) electrons. The van der Waals surface area contributed by atoms with Crippen LogP contribution in [0.3, 0.4) is 0 Å². The van der Waals surface area contributed by atoms with Gasteiger partial charge in [-0.2, -0.15) is 5.26 Å². The highest BCUT2D eigenvalue weighted by Gasteiger charge is 2.12. The SMILES string of the molecule is N#Cc1cccc(Oc2ccc(NC(=O)c3cc(=O)[nH]c4ccccc34)cn2)c1. The molecule has 0 bridgehead atoms. The van der Waals surface area contributed by atoms with Crippen molar-refractivity contribution in [1.82, 2.24) is 9.97 Å². The van der Waals surface area contributed by atoms with E-state index in [0.29, 0.717) is 33.8 Å². The summed E-state index contributed by atoms with van der Waals surface area (Å²) in [7, 11) is 0. The van der Waals surface area contributed by atoms with E-state index in [1.165, 1.54) is 12.3 Å². The summed E-state index contributed by atoms with van der Waals surface area (Å²) >= 11 is 0. The molecule has 0 aliphatic heterocycles. The number of anilines is 1. The predicted molar refractivity (Wildman–Crippen MR) is 108 cm³/mol. The molecular formula is C22H14N4O3. The summed E-state index contributed by atoms with van der Waals surface area (Å²) in [5.41, 5.74) is 1.45. The number of benzene rings is 2. The van der Waals surface area contributed by atoms with Gasteiger partial charge in [0.1, 0.15) is 5.75 Å². The Morgan fingerprint density at radius 1 is 1.07 bits per heavy atom. The molecule has 4 rings (SSSR count). The monoisotopic (exact) mass is 382 g/mol. The fourth-order valence-corrected chi connectivity index (χ4v) is 2.86. The summed E-state index contributed by atoms with van der Waals surface area (Å²) in [5.74, 6) is 0.396. The van der Waals surface area contributed by atoms with Crippen LogP contribution >= 0.6 is 0 Å². The molecule has 7 heteroatoms. The van der Waals surface area contributed by atoms with E-state index in [0.717, 1.165) is 0 Å². The van der Waals surface area contributed by atoms with Crippen LogP contribution < -0.4 is 15.6 Å². The molecular weight excluding hydrogens is 368 g/mol. The zero-order valence-electron chi connectivity index (χ0n) is 15.0. The molecule has 2 aromatic carbocycles. The largest absolute Gasteiger partial charge is 0.439 e. The number of para-hydroxylation sites is 1. The lowest BCUT2D eigenvalue weighted by atomic mass is 10.1. The van der Waals surface area contributed by atoms with Crippen molar-refractivity contribution in [1.29, 1.82) is 5.26 Å². The number of aromatic nitrogens is 2. The lowest BCUT2D eigenvalue weighted by molar-refractivity contribution is 0.102. The van der Waals surface area contributed by atoms with Gasteiger partial charge in [-0.25, -0.2) is 4.98 Å². The van der Waals surface area contributed by atoms with E-state index >= 15 is 0 Å². The van der Waals surface area contributed by atoms with Crippen LogP contribution in [0.5, 0.6) is 11.6 Å². The molecule has 0 saturated carbocycles. The second-order valence-electron chi connectivity index (χ2n) is 6.17. The normalized spacial score (nSPS) is 10.3. The number of nitrogens with zero attached hydrogens (tertiary/aromatic N) is 2. The zero-order chi connectivity index (χ0) is 20.2. The second kappa shape index (κ2) is 7.66. The van der Waals surface area contributed by atoms with E-state index in [1.54, 1.807) is 60.7 Å². The molecule has 2 heterocycles. The minimum atomic E-state index is -0.413. The number of aromatic amines is 1. The topological polar surface area (TPSA) is 108 Å². The van der Waals surface area contributed by atoms with Crippen molar-refractivity contribution < 1.29 is 9.53 Å². The zero-order valence-corrected chi connectivity index (χ0v) is 15.0. The predicted octanol–water partition coefficient (Wildman–Crippen LogP) is 3.84. The minimum Gasteiger partial charge on any atom is -0.439 e. The van der Waals surface area contributed by atoms with Crippen molar-refractivity contribution in [3.05, 3.63) is 94.4 Å². The van der Waals surface area contributed by atoms with E-state index in [-0.39, 0.29) is 11.1 Å². The van der Waals surface area contributed by atoms with Crippen molar-refractivity contribution in [3.63, 3.8) is 0 Å². The fourth-order valence-electron chi connectivity index (χ4n) is 2.86. The summed E-state index contributed by atoms with van der Waals surface area (Å²) in [6, 6.07) is 20.4. The average molecular weight is 382 g/mol. The van der Waals surface area contributed by atoms with Crippen LogP contribution in [0.1, 0.15) is 15.9 Å². The van der Waals surface area contributed by atoms with E-state index in [4.69, 9.17) is 10.00 Å². The van der Waals surface area contributed by atoms with Gasteiger partial charge in [0.2, 0.25) is 11.4 Å². The first-order valence-electron chi connectivity index (χ1n) is 8.70. The highest BCUT2D eigenvalue weighted by atomic mass is 16.5. The minimum absolute atomic E-state index is 0.276. The van der Waals surface area contributed by atoms with Gasteiger partial charge in [-0.1, -0.05) is 24.3 Å². The number of amides is 1. The van der Waals surface area contributed by atoms with Crippen molar-refractivity contribution in [2.24, 2.45) is 0 Å². The molecule has 29 heavy (non-hydrogen) atoms. The van der Waals surface area contributed by atoms with E-state index in [9.17, 15) is 9.59 Å². The van der Waals surface area contributed by atoms with Crippen LogP contribution in [0.25, 0.3) is 10.9 Å². The summed E-state index contributed by atoms with van der Waals surface area (Å²) in [5, 5.41) is 12.3. The van der Waals surface area contributed by atoms with E-state index in [1.807, 2.05) is 6.07 Å². The van der Waals surface area contributed by atoms with E-state index < -0.39 is 5.91 Å². The van der Waals surface area contributed by atoms with Crippen molar-refractivity contribution in [2.75, 3.05) is 5.32 Å². The number of nitriles is 1. The van der Waals surface area contributed by atoms with Crippen molar-refractivity contribution >= 4 is 22.5 Å². The Bertz CT molecular complexity index is 1300. The quantitative estimate of drug-likeness (QED) is 0.557. The Balaban J connectivity index is 1.53. The van der Waals surface area contributed by atoms with Gasteiger partial charge in [0.25, 0.3) is 5.91 Å². The van der Waals surface area contributed by atoms with Gasteiger partial charge in [0.15, 0.2) is 0 Å². The molecule has 7 nitrogen and oxygen atoms in total. The van der Waals surface area contributed by atoms with Gasteiger partial charge in [0.05, 0.1) is 29.1 Å². The fraction of sp³-hybridized carbons (Fsp3) is 0. The Hall–Kier alpha value is -4.44. The Morgan fingerprint density at radius 3 is 2.72 bits per heavy atom. The number of rotatable bonds is 4. The van der Waals surface area contributed by atoms with Crippen LogP contribution in [0.15, 0.2) is 77.7 Å². The first-order valence-corrected chi connectivity index (χ1v) is 8.70. The van der Waals surface area contributed by atoms with Crippen molar-refractivity contribution in [2.45, 2.75) is 0 Å². The smallest absolute Gasteiger partial charge is 0.256 e. The Morgan fingerprint density at radius 2 is 1.93 bits per heavy atom. The standard InChI is InChI=1S/C22H14N4O3/c23-12-14-4-3-5-16(10-14)29-21-9-8-15(13-24-21)25-22(28)18-11-20(27)26-19-7-2-1-6-17(18)19/h1-11,13H,(H,25,28)(H,26,27). The summed E-state index contributed by atoms with van der Waals surface area (Å²) in [4.78, 5) is 31.4. The van der Waals surface area contributed by atoms with Gasteiger partial charge in [-0.05, 0) is 30.3 Å². The third kappa shape index (κ3) is 3.96. The molecule has 0 aliphatic carbocycles. The first-order chi connectivity index (χ1) is 14.1. The molecule has 2 aromatic heterocycles. The number of hydrogen-bond donors (Lipinski definition) is 2. The van der Waals surface area contributed by atoms with Gasteiger partial charge in [0, 0.05) is 23.0 Å².